The van der Waals surface area contributed by atoms with Crippen molar-refractivity contribution in [3.63, 3.8) is 0 Å². The Morgan fingerprint density at radius 1 is 1.26 bits per heavy atom. The van der Waals surface area contributed by atoms with E-state index in [0.717, 1.165) is 44.0 Å². The Labute approximate surface area is 189 Å². The fraction of sp³-hybridized carbons (Fsp3) is 0.286. The molecule has 4 rings (SSSR count). The summed E-state index contributed by atoms with van der Waals surface area (Å²) >= 11 is 7.63. The van der Waals surface area contributed by atoms with Crippen molar-refractivity contribution in [2.75, 3.05) is 31.5 Å². The highest BCUT2D eigenvalue weighted by atomic mass is 35.5. The van der Waals surface area contributed by atoms with Gasteiger partial charge in [0, 0.05) is 56.6 Å². The van der Waals surface area contributed by atoms with Crippen LogP contribution in [0.2, 0.25) is 5.02 Å². The molecule has 1 fully saturated rings. The van der Waals surface area contributed by atoms with E-state index in [1.54, 1.807) is 24.7 Å². The molecular weight excluding hydrogens is 434 g/mol. The van der Waals surface area contributed by atoms with Crippen LogP contribution in [-0.4, -0.2) is 56.8 Å². The molecule has 1 N–H and O–H groups in total. The van der Waals surface area contributed by atoms with Gasteiger partial charge in [0.2, 0.25) is 11.9 Å². The second-order valence-electron chi connectivity index (χ2n) is 7.16. The van der Waals surface area contributed by atoms with E-state index < -0.39 is 0 Å². The number of anilines is 2. The predicted octanol–water partition coefficient (Wildman–Crippen LogP) is 3.53. The van der Waals surface area contributed by atoms with Crippen LogP contribution in [0.5, 0.6) is 0 Å². The van der Waals surface area contributed by atoms with Gasteiger partial charge in [0.15, 0.2) is 0 Å². The van der Waals surface area contributed by atoms with Crippen molar-refractivity contribution in [1.29, 1.82) is 5.26 Å². The number of thiazole rings is 1. The molecule has 1 amide bonds. The molecule has 0 aliphatic carbocycles. The van der Waals surface area contributed by atoms with Crippen LogP contribution in [0.3, 0.4) is 0 Å². The number of hydrogen-bond acceptors (Lipinski definition) is 8. The molecule has 3 heterocycles. The molecule has 0 atom stereocenters. The minimum atomic E-state index is 0.121. The van der Waals surface area contributed by atoms with Gasteiger partial charge >= 0.3 is 0 Å². The van der Waals surface area contributed by atoms with Crippen LogP contribution in [0.25, 0.3) is 11.4 Å². The second kappa shape index (κ2) is 9.39. The zero-order valence-electron chi connectivity index (χ0n) is 16.9. The highest BCUT2D eigenvalue weighted by molar-refractivity contribution is 7.10. The Morgan fingerprint density at radius 3 is 2.81 bits per heavy atom. The summed E-state index contributed by atoms with van der Waals surface area (Å²) in [4.78, 5) is 29.2. The van der Waals surface area contributed by atoms with Crippen molar-refractivity contribution in [3.8, 4) is 17.5 Å². The van der Waals surface area contributed by atoms with Gasteiger partial charge in [-0.15, -0.1) is 11.3 Å². The van der Waals surface area contributed by atoms with E-state index in [1.807, 2.05) is 23.1 Å². The van der Waals surface area contributed by atoms with Gasteiger partial charge in [-0.1, -0.05) is 11.6 Å². The Balaban J connectivity index is 1.48. The molecule has 1 aliphatic rings. The number of carbonyl (C=O) groups is 1. The fourth-order valence-corrected chi connectivity index (χ4v) is 4.32. The standard InChI is InChI=1S/C21H20ClN7OS/c1-14(30)29-6-4-28(5-7-29)12-15-8-16(22)10-17(9-15)26-21-24-3-2-18(27-21)20-19(11-23)31-13-25-20/h2-3,8-10,13H,4-7,12H2,1H3,(H,24,26,27). The van der Waals surface area contributed by atoms with Gasteiger partial charge in [-0.25, -0.2) is 15.0 Å². The summed E-state index contributed by atoms with van der Waals surface area (Å²) in [5.41, 5.74) is 4.60. The zero-order chi connectivity index (χ0) is 21.8. The summed E-state index contributed by atoms with van der Waals surface area (Å²) < 4.78 is 0. The molecule has 158 valence electrons. The number of amides is 1. The number of piperazine rings is 1. The first-order valence-electron chi connectivity index (χ1n) is 9.73. The lowest BCUT2D eigenvalue weighted by Crippen LogP contribution is -2.47. The third-order valence-corrected chi connectivity index (χ3v) is 5.95. The Bertz CT molecular complexity index is 1130. The van der Waals surface area contributed by atoms with Crippen molar-refractivity contribution in [2.24, 2.45) is 0 Å². The number of aromatic nitrogens is 3. The summed E-state index contributed by atoms with van der Waals surface area (Å²) in [7, 11) is 0. The van der Waals surface area contributed by atoms with Crippen LogP contribution in [0, 0.1) is 11.3 Å². The van der Waals surface area contributed by atoms with Crippen molar-refractivity contribution in [2.45, 2.75) is 13.5 Å². The SMILES string of the molecule is CC(=O)N1CCN(Cc2cc(Cl)cc(Nc3nccc(-c4ncsc4C#N)n3)c2)CC1. The lowest BCUT2D eigenvalue weighted by Gasteiger charge is -2.34. The van der Waals surface area contributed by atoms with Gasteiger partial charge in [0.05, 0.1) is 11.2 Å². The number of hydrogen-bond donors (Lipinski definition) is 1. The largest absolute Gasteiger partial charge is 0.340 e. The van der Waals surface area contributed by atoms with Crippen LogP contribution in [0.15, 0.2) is 36.0 Å². The van der Waals surface area contributed by atoms with E-state index in [4.69, 9.17) is 11.6 Å². The van der Waals surface area contributed by atoms with Gasteiger partial charge in [-0.3, -0.25) is 9.69 Å². The molecule has 1 aliphatic heterocycles. The number of carbonyl (C=O) groups excluding carboxylic acids is 1. The summed E-state index contributed by atoms with van der Waals surface area (Å²) in [5.74, 6) is 0.522. The van der Waals surface area contributed by atoms with Crippen molar-refractivity contribution >= 4 is 40.5 Å². The molecule has 10 heteroatoms. The van der Waals surface area contributed by atoms with Gasteiger partial charge in [-0.2, -0.15) is 5.26 Å². The molecular formula is C21H20ClN7OS. The molecule has 0 saturated carbocycles. The van der Waals surface area contributed by atoms with Gasteiger partial charge in [-0.05, 0) is 29.8 Å². The highest BCUT2D eigenvalue weighted by Gasteiger charge is 2.19. The molecule has 3 aromatic rings. The summed E-state index contributed by atoms with van der Waals surface area (Å²) in [6.45, 7) is 5.49. The molecule has 0 spiro atoms. The molecule has 0 unspecified atom stereocenters. The van der Waals surface area contributed by atoms with Crippen molar-refractivity contribution in [1.82, 2.24) is 24.8 Å². The first-order valence-corrected chi connectivity index (χ1v) is 11.0. The maximum absolute atomic E-state index is 11.5. The summed E-state index contributed by atoms with van der Waals surface area (Å²) in [5, 5.41) is 13.0. The molecule has 8 nitrogen and oxygen atoms in total. The number of rotatable bonds is 5. The Hall–Kier alpha value is -3.06. The van der Waals surface area contributed by atoms with Crippen molar-refractivity contribution < 1.29 is 4.79 Å². The fourth-order valence-electron chi connectivity index (χ4n) is 3.48. The van der Waals surface area contributed by atoms with E-state index in [-0.39, 0.29) is 5.91 Å². The van der Waals surface area contributed by atoms with Crippen LogP contribution in [0.4, 0.5) is 11.6 Å². The van der Waals surface area contributed by atoms with Crippen LogP contribution >= 0.6 is 22.9 Å². The minimum Gasteiger partial charge on any atom is -0.340 e. The maximum Gasteiger partial charge on any atom is 0.227 e. The maximum atomic E-state index is 11.5. The lowest BCUT2D eigenvalue weighted by atomic mass is 10.1. The number of nitrogens with one attached hydrogen (secondary N) is 1. The number of benzene rings is 1. The Kier molecular flexibility index (Phi) is 6.42. The van der Waals surface area contributed by atoms with E-state index in [9.17, 15) is 10.1 Å². The Morgan fingerprint density at radius 2 is 2.06 bits per heavy atom. The van der Waals surface area contributed by atoms with Crippen LogP contribution in [-0.2, 0) is 11.3 Å². The van der Waals surface area contributed by atoms with Gasteiger partial charge in [0.25, 0.3) is 0 Å². The number of nitriles is 1. The molecule has 0 radical (unpaired) electrons. The molecule has 31 heavy (non-hydrogen) atoms. The van der Waals surface area contributed by atoms with Crippen molar-refractivity contribution in [3.05, 3.63) is 51.4 Å². The predicted molar refractivity (Wildman–Crippen MR) is 120 cm³/mol. The minimum absolute atomic E-state index is 0.121. The average Bonchev–Trinajstić information content (AvgIpc) is 3.23. The average molecular weight is 454 g/mol. The van der Waals surface area contributed by atoms with E-state index in [2.05, 4.69) is 31.2 Å². The molecule has 1 aromatic carbocycles. The van der Waals surface area contributed by atoms with Gasteiger partial charge < -0.3 is 10.2 Å². The van der Waals surface area contributed by atoms with E-state index >= 15 is 0 Å². The number of halogens is 1. The lowest BCUT2D eigenvalue weighted by molar-refractivity contribution is -0.130. The second-order valence-corrected chi connectivity index (χ2v) is 8.45. The first kappa shape index (κ1) is 21.2. The van der Waals surface area contributed by atoms with E-state index in [1.165, 1.54) is 11.3 Å². The first-order chi connectivity index (χ1) is 15.0. The highest BCUT2D eigenvalue weighted by Crippen LogP contribution is 2.26. The zero-order valence-corrected chi connectivity index (χ0v) is 18.4. The quantitative estimate of drug-likeness (QED) is 0.630. The third-order valence-electron chi connectivity index (χ3n) is 5.00. The van der Waals surface area contributed by atoms with Crippen LogP contribution in [0.1, 0.15) is 17.4 Å². The van der Waals surface area contributed by atoms with E-state index in [0.29, 0.717) is 27.2 Å². The van der Waals surface area contributed by atoms with Crippen LogP contribution < -0.4 is 5.32 Å². The summed E-state index contributed by atoms with van der Waals surface area (Å²) in [6.07, 6.45) is 1.63. The normalized spacial score (nSPS) is 14.3. The van der Waals surface area contributed by atoms with Gasteiger partial charge in [0.1, 0.15) is 16.6 Å². The summed E-state index contributed by atoms with van der Waals surface area (Å²) in [6, 6.07) is 9.64. The number of nitrogens with zero attached hydrogens (tertiary/aromatic N) is 6. The molecule has 2 aromatic heterocycles. The smallest absolute Gasteiger partial charge is 0.227 e. The topological polar surface area (TPSA) is 98.0 Å². The molecule has 1 saturated heterocycles. The molecule has 0 bridgehead atoms. The third kappa shape index (κ3) is 5.17. The monoisotopic (exact) mass is 453 g/mol.